The lowest BCUT2D eigenvalue weighted by molar-refractivity contribution is 0.971. The van der Waals surface area contributed by atoms with E-state index in [4.69, 9.17) is 6.42 Å². The molecule has 0 nitrogen and oxygen atoms in total. The molecule has 72 valence electrons. The van der Waals surface area contributed by atoms with Gasteiger partial charge in [0.05, 0.1) is 0 Å². The molecule has 0 aromatic heterocycles. The summed E-state index contributed by atoms with van der Waals surface area (Å²) < 4.78 is 0. The third-order valence-electron chi connectivity index (χ3n) is 2.11. The molecule has 0 aliphatic heterocycles. The molecule has 0 amide bonds. The summed E-state index contributed by atoms with van der Waals surface area (Å²) in [5.74, 6) is 2.67. The summed E-state index contributed by atoms with van der Waals surface area (Å²) >= 11 is 1.69. The van der Waals surface area contributed by atoms with Crippen LogP contribution in [0.2, 0.25) is 0 Å². The molecule has 1 aliphatic rings. The van der Waals surface area contributed by atoms with E-state index in [9.17, 15) is 0 Å². The first-order valence-corrected chi connectivity index (χ1v) is 5.83. The summed E-state index contributed by atoms with van der Waals surface area (Å²) in [5.41, 5.74) is 3.48. The van der Waals surface area contributed by atoms with E-state index in [0.717, 1.165) is 18.4 Å². The second-order valence-corrected chi connectivity index (χ2v) is 3.73. The first-order chi connectivity index (χ1) is 6.81. The van der Waals surface area contributed by atoms with Crippen LogP contribution < -0.4 is 0 Å². The second-order valence-electron chi connectivity index (χ2n) is 3.03. The molecule has 0 bridgehead atoms. The highest BCUT2D eigenvalue weighted by molar-refractivity contribution is 8.01. The fraction of sp³-hybridized carbons (Fsp3) is 0.231. The van der Waals surface area contributed by atoms with Gasteiger partial charge in [-0.25, -0.2) is 0 Å². The second kappa shape index (κ2) is 5.57. The number of allylic oxidation sites excluding steroid dienone is 6. The van der Waals surface area contributed by atoms with Gasteiger partial charge in [0.1, 0.15) is 0 Å². The molecule has 0 aromatic rings. The van der Waals surface area contributed by atoms with Crippen LogP contribution in [0.5, 0.6) is 0 Å². The lowest BCUT2D eigenvalue weighted by atomic mass is 9.95. The quantitative estimate of drug-likeness (QED) is 0.497. The molecule has 1 heteroatoms. The van der Waals surface area contributed by atoms with E-state index in [0.29, 0.717) is 0 Å². The van der Waals surface area contributed by atoms with Crippen LogP contribution in [0.4, 0.5) is 0 Å². The van der Waals surface area contributed by atoms with Crippen LogP contribution >= 0.6 is 11.8 Å². The van der Waals surface area contributed by atoms with E-state index < -0.39 is 0 Å². The Labute approximate surface area is 90.5 Å². The van der Waals surface area contributed by atoms with Crippen LogP contribution in [0.3, 0.4) is 0 Å². The van der Waals surface area contributed by atoms with Gasteiger partial charge >= 0.3 is 0 Å². The van der Waals surface area contributed by atoms with Gasteiger partial charge in [-0.05, 0) is 41.7 Å². The molecule has 0 heterocycles. The maximum Gasteiger partial charge on any atom is 0.0205 e. The summed E-state index contributed by atoms with van der Waals surface area (Å²) in [7, 11) is 0. The minimum absolute atomic E-state index is 0.986. The summed E-state index contributed by atoms with van der Waals surface area (Å²) in [6.45, 7) is 3.81. The van der Waals surface area contributed by atoms with E-state index in [1.807, 2.05) is 12.3 Å². The SMILES string of the molecule is C#CC1=CCCC(/C(C=C)=C/SC)=C1. The Bertz CT molecular complexity index is 348. The minimum atomic E-state index is 0.986. The van der Waals surface area contributed by atoms with Crippen LogP contribution in [0.25, 0.3) is 0 Å². The predicted molar refractivity (Wildman–Crippen MR) is 66.0 cm³/mol. The molecule has 0 unspecified atom stereocenters. The van der Waals surface area contributed by atoms with Gasteiger partial charge in [-0.2, -0.15) is 0 Å². The van der Waals surface area contributed by atoms with Crippen LogP contribution in [0, 0.1) is 12.3 Å². The lowest BCUT2D eigenvalue weighted by Crippen LogP contribution is -1.93. The van der Waals surface area contributed by atoms with Crippen molar-refractivity contribution in [2.24, 2.45) is 0 Å². The van der Waals surface area contributed by atoms with Gasteiger partial charge in [-0.3, -0.25) is 0 Å². The van der Waals surface area contributed by atoms with Crippen LogP contribution in [0.15, 0.2) is 46.9 Å². The van der Waals surface area contributed by atoms with E-state index in [1.165, 1.54) is 11.1 Å². The Kier molecular flexibility index (Phi) is 4.35. The van der Waals surface area contributed by atoms with Crippen molar-refractivity contribution >= 4 is 11.8 Å². The predicted octanol–water partition coefficient (Wildman–Crippen LogP) is 3.70. The first kappa shape index (κ1) is 10.9. The molecular formula is C13H14S. The molecule has 0 radical (unpaired) electrons. The number of rotatable bonds is 3. The van der Waals surface area contributed by atoms with Crippen molar-refractivity contribution < 1.29 is 0 Å². The van der Waals surface area contributed by atoms with Crippen molar-refractivity contribution in [3.8, 4) is 12.3 Å². The first-order valence-electron chi connectivity index (χ1n) is 4.55. The molecule has 0 saturated heterocycles. The summed E-state index contributed by atoms with van der Waals surface area (Å²) in [6, 6.07) is 0. The fourth-order valence-electron chi connectivity index (χ4n) is 1.41. The van der Waals surface area contributed by atoms with Gasteiger partial charge in [0.15, 0.2) is 0 Å². The van der Waals surface area contributed by atoms with Crippen LogP contribution in [-0.4, -0.2) is 6.26 Å². The Morgan fingerprint density at radius 3 is 3.07 bits per heavy atom. The van der Waals surface area contributed by atoms with E-state index in [1.54, 1.807) is 11.8 Å². The third kappa shape index (κ3) is 2.68. The summed E-state index contributed by atoms with van der Waals surface area (Å²) in [4.78, 5) is 0. The van der Waals surface area contributed by atoms with Crippen molar-refractivity contribution in [1.29, 1.82) is 0 Å². The van der Waals surface area contributed by atoms with Gasteiger partial charge in [-0.15, -0.1) is 18.2 Å². The topological polar surface area (TPSA) is 0 Å². The van der Waals surface area contributed by atoms with Gasteiger partial charge < -0.3 is 0 Å². The van der Waals surface area contributed by atoms with Gasteiger partial charge in [0, 0.05) is 5.57 Å². The van der Waals surface area contributed by atoms with Crippen molar-refractivity contribution in [3.63, 3.8) is 0 Å². The van der Waals surface area contributed by atoms with E-state index in [-0.39, 0.29) is 0 Å². The summed E-state index contributed by atoms with van der Waals surface area (Å²) in [6.07, 6.45) is 15.6. The minimum Gasteiger partial charge on any atom is -0.137 e. The van der Waals surface area contributed by atoms with Gasteiger partial charge in [0.25, 0.3) is 0 Å². The highest BCUT2D eigenvalue weighted by Gasteiger charge is 2.06. The Hall–Kier alpha value is -1.13. The molecule has 0 spiro atoms. The van der Waals surface area contributed by atoms with Crippen LogP contribution in [-0.2, 0) is 0 Å². The zero-order valence-corrected chi connectivity index (χ0v) is 9.23. The largest absolute Gasteiger partial charge is 0.137 e. The normalized spacial score (nSPS) is 16.7. The number of hydrogen-bond acceptors (Lipinski definition) is 1. The lowest BCUT2D eigenvalue weighted by Gasteiger charge is -2.11. The maximum absolute atomic E-state index is 5.37. The van der Waals surface area contributed by atoms with Crippen molar-refractivity contribution in [1.82, 2.24) is 0 Å². The van der Waals surface area contributed by atoms with E-state index in [2.05, 4.69) is 30.1 Å². The van der Waals surface area contributed by atoms with Gasteiger partial charge in [-0.1, -0.05) is 24.7 Å². The molecular weight excluding hydrogens is 188 g/mol. The smallest absolute Gasteiger partial charge is 0.0205 e. The molecule has 0 aromatic carbocycles. The molecule has 1 rings (SSSR count). The van der Waals surface area contributed by atoms with Crippen molar-refractivity contribution in [2.45, 2.75) is 12.8 Å². The molecule has 0 saturated carbocycles. The van der Waals surface area contributed by atoms with Crippen LogP contribution in [0.1, 0.15) is 12.8 Å². The average Bonchev–Trinajstić information content (AvgIpc) is 2.26. The summed E-state index contributed by atoms with van der Waals surface area (Å²) in [5, 5.41) is 2.11. The molecule has 0 N–H and O–H groups in total. The highest BCUT2D eigenvalue weighted by Crippen LogP contribution is 2.25. The zero-order valence-electron chi connectivity index (χ0n) is 8.42. The van der Waals surface area contributed by atoms with E-state index >= 15 is 0 Å². The third-order valence-corrected chi connectivity index (χ3v) is 2.60. The zero-order chi connectivity index (χ0) is 10.4. The maximum atomic E-state index is 5.37. The fourth-order valence-corrected chi connectivity index (χ4v) is 1.91. The molecule has 0 atom stereocenters. The Morgan fingerprint density at radius 1 is 1.71 bits per heavy atom. The molecule has 1 aliphatic carbocycles. The standard InChI is InChI=1S/C13H14S/c1-4-11-7-6-8-13(9-11)12(5-2)10-14-3/h1,5,7,9-10H,2,6,8H2,3H3/b12-10+. The van der Waals surface area contributed by atoms with Gasteiger partial charge in [0.2, 0.25) is 0 Å². The monoisotopic (exact) mass is 202 g/mol. The van der Waals surface area contributed by atoms with Crippen molar-refractivity contribution in [2.75, 3.05) is 6.26 Å². The number of terminal acetylenes is 1. The number of thioether (sulfide) groups is 1. The van der Waals surface area contributed by atoms with Crippen molar-refractivity contribution in [3.05, 3.63) is 46.9 Å². The Morgan fingerprint density at radius 2 is 2.50 bits per heavy atom. The number of hydrogen-bond donors (Lipinski definition) is 0. The highest BCUT2D eigenvalue weighted by atomic mass is 32.2. The molecule has 0 fully saturated rings. The average molecular weight is 202 g/mol. The molecule has 14 heavy (non-hydrogen) atoms. The Balaban J connectivity index is 2.93.